The molecule has 1 N–H and O–H groups in total. The standard InChI is InChI=1S/C15H26OSi/c1-12-7-8-14(15(2,3)16)13(11-12)9-10-17(4,5)6/h11,13-14,16H,7-8H2,1-6H3. The fraction of sp³-hybridized carbons (Fsp3) is 0.733. The number of rotatable bonds is 1. The van der Waals surface area contributed by atoms with Gasteiger partial charge in [-0.05, 0) is 33.6 Å². The third-order valence-electron chi connectivity index (χ3n) is 3.27. The van der Waals surface area contributed by atoms with Crippen LogP contribution in [0.1, 0.15) is 33.6 Å². The Kier molecular flexibility index (Phi) is 4.27. The summed E-state index contributed by atoms with van der Waals surface area (Å²) >= 11 is 0. The molecule has 2 heteroatoms. The normalized spacial score (nSPS) is 25.9. The number of aliphatic hydroxyl groups is 1. The molecule has 1 rings (SSSR count). The van der Waals surface area contributed by atoms with Gasteiger partial charge in [0.25, 0.3) is 0 Å². The minimum Gasteiger partial charge on any atom is -0.390 e. The molecule has 0 heterocycles. The van der Waals surface area contributed by atoms with Gasteiger partial charge in [0.1, 0.15) is 8.07 Å². The molecule has 1 aliphatic rings. The maximum atomic E-state index is 10.2. The Morgan fingerprint density at radius 3 is 2.41 bits per heavy atom. The minimum absolute atomic E-state index is 0.232. The molecular weight excluding hydrogens is 224 g/mol. The van der Waals surface area contributed by atoms with Gasteiger partial charge in [-0.1, -0.05) is 31.3 Å². The lowest BCUT2D eigenvalue weighted by atomic mass is 9.73. The number of allylic oxidation sites excluding steroid dienone is 2. The van der Waals surface area contributed by atoms with Gasteiger partial charge >= 0.3 is 0 Å². The van der Waals surface area contributed by atoms with Crippen LogP contribution in [0.4, 0.5) is 0 Å². The molecule has 0 fully saturated rings. The van der Waals surface area contributed by atoms with E-state index in [1.807, 2.05) is 13.8 Å². The smallest absolute Gasteiger partial charge is 0.129 e. The molecule has 0 aromatic carbocycles. The Morgan fingerprint density at radius 2 is 1.94 bits per heavy atom. The first-order valence-corrected chi connectivity index (χ1v) is 10.0. The molecule has 0 bridgehead atoms. The van der Waals surface area contributed by atoms with Crippen molar-refractivity contribution in [1.29, 1.82) is 0 Å². The van der Waals surface area contributed by atoms with Crippen LogP contribution in [-0.2, 0) is 0 Å². The predicted octanol–water partition coefficient (Wildman–Crippen LogP) is 3.61. The van der Waals surface area contributed by atoms with Crippen LogP contribution in [0, 0.1) is 23.3 Å². The molecule has 0 aromatic rings. The van der Waals surface area contributed by atoms with Crippen LogP contribution in [0.2, 0.25) is 19.6 Å². The molecular formula is C15H26OSi. The van der Waals surface area contributed by atoms with E-state index in [-0.39, 0.29) is 11.8 Å². The molecule has 2 atom stereocenters. The van der Waals surface area contributed by atoms with E-state index < -0.39 is 13.7 Å². The lowest BCUT2D eigenvalue weighted by molar-refractivity contribution is 0.00121. The summed E-state index contributed by atoms with van der Waals surface area (Å²) in [6, 6.07) is 0. The van der Waals surface area contributed by atoms with Crippen LogP contribution in [0.15, 0.2) is 11.6 Å². The largest absolute Gasteiger partial charge is 0.390 e. The van der Waals surface area contributed by atoms with Gasteiger partial charge in [-0.15, -0.1) is 11.5 Å². The molecule has 0 radical (unpaired) electrons. The quantitative estimate of drug-likeness (QED) is 0.428. The first-order chi connectivity index (χ1) is 7.59. The van der Waals surface area contributed by atoms with Crippen LogP contribution in [0.25, 0.3) is 0 Å². The maximum Gasteiger partial charge on any atom is 0.129 e. The van der Waals surface area contributed by atoms with Crippen molar-refractivity contribution in [1.82, 2.24) is 0 Å². The zero-order valence-corrected chi connectivity index (χ0v) is 13.1. The second-order valence-corrected chi connectivity index (χ2v) is 11.6. The van der Waals surface area contributed by atoms with Crippen LogP contribution < -0.4 is 0 Å². The summed E-state index contributed by atoms with van der Waals surface area (Å²) in [5, 5.41) is 10.2. The molecule has 0 saturated carbocycles. The van der Waals surface area contributed by atoms with Crippen molar-refractivity contribution in [3.05, 3.63) is 11.6 Å². The first-order valence-electron chi connectivity index (χ1n) is 6.52. The summed E-state index contributed by atoms with van der Waals surface area (Å²) < 4.78 is 0. The zero-order valence-electron chi connectivity index (χ0n) is 12.1. The molecule has 2 unspecified atom stereocenters. The molecule has 0 aromatic heterocycles. The summed E-state index contributed by atoms with van der Waals surface area (Å²) in [6.45, 7) is 12.8. The second kappa shape index (κ2) is 5.00. The highest BCUT2D eigenvalue weighted by Gasteiger charge is 2.34. The van der Waals surface area contributed by atoms with Gasteiger partial charge in [0.05, 0.1) is 5.60 Å². The Morgan fingerprint density at radius 1 is 1.35 bits per heavy atom. The molecule has 0 saturated heterocycles. The summed E-state index contributed by atoms with van der Waals surface area (Å²) in [4.78, 5) is 0. The van der Waals surface area contributed by atoms with E-state index in [0.717, 1.165) is 12.8 Å². The molecule has 96 valence electrons. The lowest BCUT2D eigenvalue weighted by Crippen LogP contribution is -2.37. The van der Waals surface area contributed by atoms with E-state index in [1.165, 1.54) is 5.57 Å². The number of hydrogen-bond acceptors (Lipinski definition) is 1. The van der Waals surface area contributed by atoms with Crippen molar-refractivity contribution in [2.24, 2.45) is 11.8 Å². The second-order valence-electron chi connectivity index (χ2n) is 6.86. The van der Waals surface area contributed by atoms with Crippen LogP contribution >= 0.6 is 0 Å². The van der Waals surface area contributed by atoms with Gasteiger partial charge in [0, 0.05) is 11.8 Å². The Hall–Kier alpha value is -0.523. The zero-order chi connectivity index (χ0) is 13.3. The highest BCUT2D eigenvalue weighted by Crippen LogP contribution is 2.35. The highest BCUT2D eigenvalue weighted by atomic mass is 28.3. The fourth-order valence-corrected chi connectivity index (χ4v) is 2.90. The van der Waals surface area contributed by atoms with Crippen molar-refractivity contribution in [3.8, 4) is 11.5 Å². The SMILES string of the molecule is CC1=CC(C#C[Si](C)(C)C)C(C(C)(C)O)CC1. The molecule has 17 heavy (non-hydrogen) atoms. The van der Waals surface area contributed by atoms with Gasteiger partial charge in [-0.2, -0.15) is 0 Å². The van der Waals surface area contributed by atoms with E-state index in [9.17, 15) is 5.11 Å². The monoisotopic (exact) mass is 250 g/mol. The van der Waals surface area contributed by atoms with Crippen molar-refractivity contribution < 1.29 is 5.11 Å². The van der Waals surface area contributed by atoms with Gasteiger partial charge < -0.3 is 5.11 Å². The van der Waals surface area contributed by atoms with Crippen LogP contribution in [0.5, 0.6) is 0 Å². The van der Waals surface area contributed by atoms with E-state index >= 15 is 0 Å². The molecule has 0 amide bonds. The summed E-state index contributed by atoms with van der Waals surface area (Å²) in [6.07, 6.45) is 4.41. The third kappa shape index (κ3) is 4.69. The maximum absolute atomic E-state index is 10.2. The van der Waals surface area contributed by atoms with E-state index in [0.29, 0.717) is 0 Å². The van der Waals surface area contributed by atoms with E-state index in [1.54, 1.807) is 0 Å². The first kappa shape index (κ1) is 14.5. The average Bonchev–Trinajstić information content (AvgIpc) is 2.11. The van der Waals surface area contributed by atoms with Gasteiger partial charge in [0.2, 0.25) is 0 Å². The fourth-order valence-electron chi connectivity index (χ4n) is 2.30. The van der Waals surface area contributed by atoms with E-state index in [2.05, 4.69) is 44.1 Å². The van der Waals surface area contributed by atoms with Gasteiger partial charge in [-0.25, -0.2) is 0 Å². The Labute approximate surface area is 107 Å². The van der Waals surface area contributed by atoms with Gasteiger partial charge in [0.15, 0.2) is 0 Å². The van der Waals surface area contributed by atoms with E-state index in [4.69, 9.17) is 0 Å². The summed E-state index contributed by atoms with van der Waals surface area (Å²) in [7, 11) is -1.32. The Bertz CT molecular complexity index is 357. The summed E-state index contributed by atoms with van der Waals surface area (Å²) in [5.74, 6) is 3.93. The van der Waals surface area contributed by atoms with Crippen molar-refractivity contribution in [3.63, 3.8) is 0 Å². The van der Waals surface area contributed by atoms with Gasteiger partial charge in [-0.3, -0.25) is 0 Å². The predicted molar refractivity (Wildman–Crippen MR) is 77.4 cm³/mol. The average molecular weight is 250 g/mol. The Balaban J connectivity index is 2.97. The number of hydrogen-bond donors (Lipinski definition) is 1. The minimum atomic E-state index is -1.32. The highest BCUT2D eigenvalue weighted by molar-refractivity contribution is 6.83. The van der Waals surface area contributed by atoms with Crippen molar-refractivity contribution >= 4 is 8.07 Å². The molecule has 0 aliphatic heterocycles. The molecule has 0 spiro atoms. The van der Waals surface area contributed by atoms with Crippen molar-refractivity contribution in [2.75, 3.05) is 0 Å². The third-order valence-corrected chi connectivity index (χ3v) is 4.16. The molecule has 1 aliphatic carbocycles. The lowest BCUT2D eigenvalue weighted by Gasteiger charge is -2.35. The summed E-state index contributed by atoms with van der Waals surface area (Å²) in [5.41, 5.74) is 4.24. The molecule has 1 nitrogen and oxygen atoms in total. The van der Waals surface area contributed by atoms with Crippen LogP contribution in [-0.4, -0.2) is 18.8 Å². The topological polar surface area (TPSA) is 20.2 Å². The van der Waals surface area contributed by atoms with Crippen LogP contribution in [0.3, 0.4) is 0 Å². The van der Waals surface area contributed by atoms with Crippen molar-refractivity contribution in [2.45, 2.75) is 58.9 Å².